The van der Waals surface area contributed by atoms with Crippen LogP contribution in [0.1, 0.15) is 24.8 Å². The highest BCUT2D eigenvalue weighted by atomic mass is 79.9. The van der Waals surface area contributed by atoms with Gasteiger partial charge in [-0.15, -0.1) is 0 Å². The minimum absolute atomic E-state index is 0.326. The summed E-state index contributed by atoms with van der Waals surface area (Å²) < 4.78 is 1.07. The molecule has 0 radical (unpaired) electrons. The van der Waals surface area contributed by atoms with Crippen molar-refractivity contribution < 1.29 is 0 Å². The van der Waals surface area contributed by atoms with Crippen LogP contribution in [0, 0.1) is 11.3 Å². The molecule has 1 nitrogen and oxygen atoms in total. The van der Waals surface area contributed by atoms with Crippen LogP contribution in [0.15, 0.2) is 28.7 Å². The highest BCUT2D eigenvalue weighted by Crippen LogP contribution is 2.21. The van der Waals surface area contributed by atoms with E-state index in [0.29, 0.717) is 12.3 Å². The van der Waals surface area contributed by atoms with Gasteiger partial charge in [0.2, 0.25) is 0 Å². The molecule has 0 saturated carbocycles. The Kier molecular flexibility index (Phi) is 3.31. The number of halogens is 1. The van der Waals surface area contributed by atoms with Crippen LogP contribution < -0.4 is 0 Å². The van der Waals surface area contributed by atoms with Crippen molar-refractivity contribution in [2.24, 2.45) is 0 Å². The number of nitriles is 1. The molecular formula is C10H10BrN. The van der Waals surface area contributed by atoms with Crippen molar-refractivity contribution >= 4 is 15.9 Å². The summed E-state index contributed by atoms with van der Waals surface area (Å²) in [6.45, 7) is 2.06. The third-order valence-corrected chi connectivity index (χ3v) is 2.31. The summed E-state index contributed by atoms with van der Waals surface area (Å²) in [7, 11) is 0. The molecule has 0 N–H and O–H groups in total. The van der Waals surface area contributed by atoms with E-state index in [1.807, 2.05) is 18.2 Å². The fraction of sp³-hybridized carbons (Fsp3) is 0.300. The van der Waals surface area contributed by atoms with Crippen LogP contribution in [0.4, 0.5) is 0 Å². The molecule has 0 amide bonds. The zero-order valence-electron chi connectivity index (χ0n) is 6.92. The normalized spacial score (nSPS) is 12.1. The van der Waals surface area contributed by atoms with E-state index in [9.17, 15) is 0 Å². The van der Waals surface area contributed by atoms with Gasteiger partial charge in [-0.25, -0.2) is 0 Å². The molecule has 0 aliphatic carbocycles. The van der Waals surface area contributed by atoms with Crippen molar-refractivity contribution in [1.82, 2.24) is 0 Å². The van der Waals surface area contributed by atoms with E-state index in [-0.39, 0.29) is 0 Å². The first-order valence-corrected chi connectivity index (χ1v) is 4.65. The molecule has 1 rings (SSSR count). The average molecular weight is 224 g/mol. The Bertz CT molecular complexity index is 301. The lowest BCUT2D eigenvalue weighted by Gasteiger charge is -2.06. The van der Waals surface area contributed by atoms with Crippen LogP contribution in [0.5, 0.6) is 0 Å². The molecule has 0 heterocycles. The zero-order chi connectivity index (χ0) is 8.97. The SMILES string of the molecule is CC(CC#N)c1cccc(Br)c1. The third kappa shape index (κ3) is 2.35. The lowest BCUT2D eigenvalue weighted by molar-refractivity contribution is 0.788. The Balaban J connectivity index is 2.82. The molecule has 0 aromatic heterocycles. The Morgan fingerprint density at radius 2 is 2.33 bits per heavy atom. The fourth-order valence-corrected chi connectivity index (χ4v) is 1.48. The summed E-state index contributed by atoms with van der Waals surface area (Å²) in [4.78, 5) is 0. The fourth-order valence-electron chi connectivity index (χ4n) is 1.07. The molecule has 1 aromatic carbocycles. The lowest BCUT2D eigenvalue weighted by Crippen LogP contribution is -1.90. The molecule has 1 atom stereocenters. The van der Waals surface area contributed by atoms with Gasteiger partial charge in [-0.1, -0.05) is 35.0 Å². The van der Waals surface area contributed by atoms with Crippen LogP contribution in [0.25, 0.3) is 0 Å². The minimum atomic E-state index is 0.326. The summed E-state index contributed by atoms with van der Waals surface area (Å²) in [6, 6.07) is 10.3. The maximum atomic E-state index is 8.51. The van der Waals surface area contributed by atoms with Gasteiger partial charge in [0, 0.05) is 10.9 Å². The molecule has 1 aromatic rings. The quantitative estimate of drug-likeness (QED) is 0.754. The van der Waals surface area contributed by atoms with Crippen molar-refractivity contribution in [3.63, 3.8) is 0 Å². The first kappa shape index (κ1) is 9.28. The predicted molar refractivity (Wildman–Crippen MR) is 52.8 cm³/mol. The maximum absolute atomic E-state index is 8.51. The standard InChI is InChI=1S/C10H10BrN/c1-8(5-6-12)9-3-2-4-10(11)7-9/h2-4,7-8H,5H2,1H3. The second-order valence-electron chi connectivity index (χ2n) is 2.82. The Labute approximate surface area is 81.2 Å². The van der Waals surface area contributed by atoms with Crippen LogP contribution >= 0.6 is 15.9 Å². The molecule has 1 unspecified atom stereocenters. The van der Waals surface area contributed by atoms with Crippen molar-refractivity contribution in [2.45, 2.75) is 19.3 Å². The van der Waals surface area contributed by atoms with Crippen LogP contribution in [-0.4, -0.2) is 0 Å². The number of nitrogens with zero attached hydrogens (tertiary/aromatic N) is 1. The Morgan fingerprint density at radius 1 is 1.58 bits per heavy atom. The van der Waals surface area contributed by atoms with Gasteiger partial charge in [0.05, 0.1) is 6.07 Å². The van der Waals surface area contributed by atoms with Crippen molar-refractivity contribution in [3.8, 4) is 6.07 Å². The molecule has 0 bridgehead atoms. The molecule has 0 spiro atoms. The monoisotopic (exact) mass is 223 g/mol. The zero-order valence-corrected chi connectivity index (χ0v) is 8.51. The second-order valence-corrected chi connectivity index (χ2v) is 3.73. The van der Waals surface area contributed by atoms with Gasteiger partial charge < -0.3 is 0 Å². The third-order valence-electron chi connectivity index (χ3n) is 1.82. The summed E-state index contributed by atoms with van der Waals surface area (Å²) in [5, 5.41) is 8.51. The van der Waals surface area contributed by atoms with E-state index in [1.54, 1.807) is 0 Å². The summed E-state index contributed by atoms with van der Waals surface area (Å²) in [6.07, 6.45) is 0.580. The number of rotatable bonds is 2. The minimum Gasteiger partial charge on any atom is -0.198 e. The van der Waals surface area contributed by atoms with Gasteiger partial charge in [0.25, 0.3) is 0 Å². The highest BCUT2D eigenvalue weighted by molar-refractivity contribution is 9.10. The van der Waals surface area contributed by atoms with Crippen LogP contribution in [0.2, 0.25) is 0 Å². The smallest absolute Gasteiger partial charge is 0.0628 e. The number of benzene rings is 1. The first-order chi connectivity index (χ1) is 5.74. The Hall–Kier alpha value is -0.810. The van der Waals surface area contributed by atoms with Crippen molar-refractivity contribution in [2.75, 3.05) is 0 Å². The highest BCUT2D eigenvalue weighted by Gasteiger charge is 2.03. The molecule has 0 aliphatic heterocycles. The Morgan fingerprint density at radius 3 is 2.92 bits per heavy atom. The summed E-state index contributed by atoms with van der Waals surface area (Å²) in [5.74, 6) is 0.326. The average Bonchev–Trinajstić information content (AvgIpc) is 2.05. The van der Waals surface area contributed by atoms with Gasteiger partial charge in [-0.3, -0.25) is 0 Å². The summed E-state index contributed by atoms with van der Waals surface area (Å²) >= 11 is 3.40. The molecule has 0 saturated heterocycles. The predicted octanol–water partition coefficient (Wildman–Crippen LogP) is 3.47. The topological polar surface area (TPSA) is 23.8 Å². The molecule has 0 fully saturated rings. The van der Waals surface area contributed by atoms with E-state index >= 15 is 0 Å². The van der Waals surface area contributed by atoms with Gasteiger partial charge in [-0.05, 0) is 23.6 Å². The van der Waals surface area contributed by atoms with Crippen molar-refractivity contribution in [1.29, 1.82) is 5.26 Å². The largest absolute Gasteiger partial charge is 0.198 e. The van der Waals surface area contributed by atoms with Crippen LogP contribution in [0.3, 0.4) is 0 Å². The molecule has 12 heavy (non-hydrogen) atoms. The number of hydrogen-bond donors (Lipinski definition) is 0. The van der Waals surface area contributed by atoms with E-state index < -0.39 is 0 Å². The maximum Gasteiger partial charge on any atom is 0.0628 e. The van der Waals surface area contributed by atoms with E-state index in [4.69, 9.17) is 5.26 Å². The molecule has 0 aliphatic rings. The molecule has 2 heteroatoms. The summed E-state index contributed by atoms with van der Waals surface area (Å²) in [5.41, 5.74) is 1.21. The van der Waals surface area contributed by atoms with Gasteiger partial charge in [0.1, 0.15) is 0 Å². The van der Waals surface area contributed by atoms with Gasteiger partial charge in [-0.2, -0.15) is 5.26 Å². The van der Waals surface area contributed by atoms with E-state index in [1.165, 1.54) is 5.56 Å². The first-order valence-electron chi connectivity index (χ1n) is 3.86. The van der Waals surface area contributed by atoms with E-state index in [2.05, 4.69) is 35.0 Å². The van der Waals surface area contributed by atoms with Crippen LogP contribution in [-0.2, 0) is 0 Å². The molecule has 62 valence electrons. The van der Waals surface area contributed by atoms with Gasteiger partial charge >= 0.3 is 0 Å². The second kappa shape index (κ2) is 4.27. The lowest BCUT2D eigenvalue weighted by atomic mass is 9.99. The molecular weight excluding hydrogens is 214 g/mol. The van der Waals surface area contributed by atoms with Gasteiger partial charge in [0.15, 0.2) is 0 Å². The van der Waals surface area contributed by atoms with E-state index in [0.717, 1.165) is 4.47 Å². The van der Waals surface area contributed by atoms with Crippen molar-refractivity contribution in [3.05, 3.63) is 34.3 Å². The number of hydrogen-bond acceptors (Lipinski definition) is 1.